The standard InChI is InChI=1S/C15H13F4NO/c16-14-9-11(15(17,18)19)2-1-10(14)7-8-20-12-3-5-13(21)6-4-12/h1-6,9,20-21H,7-8H2. The van der Waals surface area contributed by atoms with Crippen LogP contribution in [0.5, 0.6) is 5.75 Å². The summed E-state index contributed by atoms with van der Waals surface area (Å²) in [6.07, 6.45) is -4.28. The topological polar surface area (TPSA) is 32.3 Å². The van der Waals surface area contributed by atoms with Crippen LogP contribution in [0.15, 0.2) is 42.5 Å². The molecule has 6 heteroatoms. The monoisotopic (exact) mass is 299 g/mol. The van der Waals surface area contributed by atoms with E-state index in [1.165, 1.54) is 12.1 Å². The molecule has 2 aromatic carbocycles. The van der Waals surface area contributed by atoms with Gasteiger partial charge in [-0.2, -0.15) is 13.2 Å². The average Bonchev–Trinajstić information content (AvgIpc) is 2.41. The molecule has 0 heterocycles. The Hall–Kier alpha value is -2.24. The van der Waals surface area contributed by atoms with Gasteiger partial charge in [0.15, 0.2) is 0 Å². The lowest BCUT2D eigenvalue weighted by Crippen LogP contribution is -2.09. The Balaban J connectivity index is 1.96. The number of nitrogens with one attached hydrogen (secondary N) is 1. The minimum Gasteiger partial charge on any atom is -0.508 e. The number of hydrogen-bond acceptors (Lipinski definition) is 2. The van der Waals surface area contributed by atoms with E-state index in [0.29, 0.717) is 12.6 Å². The molecule has 0 aliphatic rings. The van der Waals surface area contributed by atoms with Crippen LogP contribution in [0.4, 0.5) is 23.2 Å². The molecule has 0 spiro atoms. The second-order valence-electron chi connectivity index (χ2n) is 4.53. The minimum atomic E-state index is -4.54. The molecule has 0 amide bonds. The Kier molecular flexibility index (Phi) is 4.35. The second kappa shape index (κ2) is 6.03. The normalized spacial score (nSPS) is 11.4. The maximum Gasteiger partial charge on any atom is 0.416 e. The summed E-state index contributed by atoms with van der Waals surface area (Å²) in [5.41, 5.74) is -0.0374. The zero-order chi connectivity index (χ0) is 15.5. The summed E-state index contributed by atoms with van der Waals surface area (Å²) in [5, 5.41) is 12.1. The SMILES string of the molecule is Oc1ccc(NCCc2ccc(C(F)(F)F)cc2F)cc1. The number of phenolic OH excluding ortho intramolecular Hbond substituents is 1. The average molecular weight is 299 g/mol. The van der Waals surface area contributed by atoms with E-state index >= 15 is 0 Å². The number of rotatable bonds is 4. The van der Waals surface area contributed by atoms with Crippen molar-refractivity contribution in [2.24, 2.45) is 0 Å². The maximum atomic E-state index is 13.6. The fourth-order valence-corrected chi connectivity index (χ4v) is 1.85. The van der Waals surface area contributed by atoms with Gasteiger partial charge in [-0.1, -0.05) is 6.07 Å². The number of halogens is 4. The predicted molar refractivity (Wildman–Crippen MR) is 71.7 cm³/mol. The summed E-state index contributed by atoms with van der Waals surface area (Å²) in [5.74, 6) is -0.730. The molecule has 0 aliphatic carbocycles. The number of hydrogen-bond donors (Lipinski definition) is 2. The van der Waals surface area contributed by atoms with E-state index in [1.807, 2.05) is 0 Å². The molecule has 0 saturated heterocycles. The Morgan fingerprint density at radius 2 is 1.67 bits per heavy atom. The lowest BCUT2D eigenvalue weighted by molar-refractivity contribution is -0.137. The van der Waals surface area contributed by atoms with Gasteiger partial charge in [0.25, 0.3) is 0 Å². The Morgan fingerprint density at radius 1 is 1.00 bits per heavy atom. The number of phenols is 1. The van der Waals surface area contributed by atoms with Gasteiger partial charge < -0.3 is 10.4 Å². The van der Waals surface area contributed by atoms with Gasteiger partial charge >= 0.3 is 6.18 Å². The molecule has 0 aromatic heterocycles. The quantitative estimate of drug-likeness (QED) is 0.655. The largest absolute Gasteiger partial charge is 0.508 e. The van der Waals surface area contributed by atoms with Crippen molar-refractivity contribution in [1.82, 2.24) is 0 Å². The van der Waals surface area contributed by atoms with Gasteiger partial charge in [0, 0.05) is 12.2 Å². The van der Waals surface area contributed by atoms with E-state index in [0.717, 1.165) is 17.8 Å². The summed E-state index contributed by atoms with van der Waals surface area (Å²) in [4.78, 5) is 0. The molecule has 0 bridgehead atoms. The highest BCUT2D eigenvalue weighted by Crippen LogP contribution is 2.30. The van der Waals surface area contributed by atoms with Crippen molar-refractivity contribution >= 4 is 5.69 Å². The van der Waals surface area contributed by atoms with Crippen molar-refractivity contribution in [1.29, 1.82) is 0 Å². The zero-order valence-corrected chi connectivity index (χ0v) is 10.9. The fourth-order valence-electron chi connectivity index (χ4n) is 1.85. The second-order valence-corrected chi connectivity index (χ2v) is 4.53. The van der Waals surface area contributed by atoms with E-state index in [1.54, 1.807) is 12.1 Å². The first-order valence-electron chi connectivity index (χ1n) is 6.25. The first-order chi connectivity index (χ1) is 9.86. The van der Waals surface area contributed by atoms with E-state index < -0.39 is 17.6 Å². The number of alkyl halides is 3. The molecule has 112 valence electrons. The molecule has 2 rings (SSSR count). The highest BCUT2D eigenvalue weighted by Gasteiger charge is 2.31. The van der Waals surface area contributed by atoms with Crippen LogP contribution in [-0.4, -0.2) is 11.7 Å². The smallest absolute Gasteiger partial charge is 0.416 e. The summed E-state index contributed by atoms with van der Waals surface area (Å²) >= 11 is 0. The molecule has 2 aromatic rings. The van der Waals surface area contributed by atoms with E-state index in [2.05, 4.69) is 5.32 Å². The third-order valence-electron chi connectivity index (χ3n) is 2.97. The van der Waals surface area contributed by atoms with Gasteiger partial charge in [0.2, 0.25) is 0 Å². The van der Waals surface area contributed by atoms with E-state index in [9.17, 15) is 17.6 Å². The summed E-state index contributed by atoms with van der Waals surface area (Å²) in [6.45, 7) is 0.368. The summed E-state index contributed by atoms with van der Waals surface area (Å²) in [7, 11) is 0. The molecule has 0 aliphatic heterocycles. The zero-order valence-electron chi connectivity index (χ0n) is 10.9. The van der Waals surface area contributed by atoms with Crippen molar-refractivity contribution < 1.29 is 22.7 Å². The minimum absolute atomic E-state index is 0.134. The lowest BCUT2D eigenvalue weighted by atomic mass is 10.1. The lowest BCUT2D eigenvalue weighted by Gasteiger charge is -2.10. The van der Waals surface area contributed by atoms with Crippen LogP contribution in [0.1, 0.15) is 11.1 Å². The van der Waals surface area contributed by atoms with Gasteiger partial charge in [0.05, 0.1) is 5.56 Å². The third-order valence-corrected chi connectivity index (χ3v) is 2.97. The highest BCUT2D eigenvalue weighted by atomic mass is 19.4. The molecule has 21 heavy (non-hydrogen) atoms. The molecule has 0 radical (unpaired) electrons. The Labute approximate surface area is 119 Å². The Bertz CT molecular complexity index is 608. The summed E-state index contributed by atoms with van der Waals surface area (Å²) < 4.78 is 50.8. The first-order valence-corrected chi connectivity index (χ1v) is 6.25. The summed E-state index contributed by atoms with van der Waals surface area (Å²) in [6, 6.07) is 8.84. The van der Waals surface area contributed by atoms with Gasteiger partial charge in [-0.15, -0.1) is 0 Å². The van der Waals surface area contributed by atoms with Crippen LogP contribution >= 0.6 is 0 Å². The number of benzene rings is 2. The molecule has 0 fully saturated rings. The number of anilines is 1. The number of aromatic hydroxyl groups is 1. The Morgan fingerprint density at radius 3 is 2.24 bits per heavy atom. The maximum absolute atomic E-state index is 13.6. The van der Waals surface area contributed by atoms with E-state index in [-0.39, 0.29) is 17.7 Å². The molecule has 0 atom stereocenters. The van der Waals surface area contributed by atoms with Crippen molar-refractivity contribution in [2.75, 3.05) is 11.9 Å². The van der Waals surface area contributed by atoms with Crippen LogP contribution < -0.4 is 5.32 Å². The van der Waals surface area contributed by atoms with E-state index in [4.69, 9.17) is 5.11 Å². The fraction of sp³-hybridized carbons (Fsp3) is 0.200. The molecular weight excluding hydrogens is 286 g/mol. The van der Waals surface area contributed by atoms with Gasteiger partial charge in [0.1, 0.15) is 11.6 Å². The molecule has 2 N–H and O–H groups in total. The third kappa shape index (κ3) is 4.11. The predicted octanol–water partition coefficient (Wildman–Crippen LogP) is 4.20. The van der Waals surface area contributed by atoms with Crippen LogP contribution in [0, 0.1) is 5.82 Å². The van der Waals surface area contributed by atoms with Crippen molar-refractivity contribution in [3.63, 3.8) is 0 Å². The van der Waals surface area contributed by atoms with Gasteiger partial charge in [-0.25, -0.2) is 4.39 Å². The van der Waals surface area contributed by atoms with Crippen molar-refractivity contribution in [3.05, 3.63) is 59.4 Å². The van der Waals surface area contributed by atoms with Crippen LogP contribution in [-0.2, 0) is 12.6 Å². The van der Waals surface area contributed by atoms with Gasteiger partial charge in [-0.3, -0.25) is 0 Å². The van der Waals surface area contributed by atoms with Crippen LogP contribution in [0.25, 0.3) is 0 Å². The first kappa shape index (κ1) is 15.2. The highest BCUT2D eigenvalue weighted by molar-refractivity contribution is 5.46. The van der Waals surface area contributed by atoms with Gasteiger partial charge in [-0.05, 0) is 48.4 Å². The van der Waals surface area contributed by atoms with Crippen LogP contribution in [0.2, 0.25) is 0 Å². The van der Waals surface area contributed by atoms with Crippen molar-refractivity contribution in [3.8, 4) is 5.75 Å². The van der Waals surface area contributed by atoms with Crippen LogP contribution in [0.3, 0.4) is 0 Å². The van der Waals surface area contributed by atoms with Crippen molar-refractivity contribution in [2.45, 2.75) is 12.6 Å². The molecule has 2 nitrogen and oxygen atoms in total. The molecule has 0 saturated carbocycles. The molecule has 0 unspecified atom stereocenters. The molecular formula is C15H13F4NO.